The van der Waals surface area contributed by atoms with E-state index in [1.54, 1.807) is 18.5 Å². The van der Waals surface area contributed by atoms with Crippen LogP contribution >= 0.6 is 23.2 Å². The molecule has 0 unspecified atom stereocenters. The van der Waals surface area contributed by atoms with E-state index in [1.807, 2.05) is 36.7 Å². The standard InChI is InChI=1S/C19H13Cl2N3/c20-16-2-3-17(21)15(9-16)11-24-12-23-18-4-1-14(10-19(18)24)13-5-7-22-8-6-13/h1-10,12H,11H2. The van der Waals surface area contributed by atoms with Crippen molar-refractivity contribution in [3.63, 3.8) is 0 Å². The van der Waals surface area contributed by atoms with Gasteiger partial charge in [0.05, 0.1) is 23.9 Å². The Hall–Kier alpha value is -2.36. The number of hydrogen-bond donors (Lipinski definition) is 0. The van der Waals surface area contributed by atoms with Crippen molar-refractivity contribution in [3.05, 3.63) is 82.9 Å². The second-order valence-electron chi connectivity index (χ2n) is 5.55. The zero-order valence-electron chi connectivity index (χ0n) is 12.7. The number of imidazole rings is 1. The average molecular weight is 354 g/mol. The third-order valence-electron chi connectivity index (χ3n) is 3.98. The highest BCUT2D eigenvalue weighted by Gasteiger charge is 2.08. The Morgan fingerprint density at radius 3 is 2.54 bits per heavy atom. The lowest BCUT2D eigenvalue weighted by molar-refractivity contribution is 0.825. The van der Waals surface area contributed by atoms with Crippen molar-refractivity contribution in [2.45, 2.75) is 6.54 Å². The van der Waals surface area contributed by atoms with E-state index in [-0.39, 0.29) is 0 Å². The quantitative estimate of drug-likeness (QED) is 0.490. The molecule has 0 aliphatic heterocycles. The molecule has 2 aromatic heterocycles. The summed E-state index contributed by atoms with van der Waals surface area (Å²) >= 11 is 12.4. The molecular formula is C19H13Cl2N3. The molecule has 118 valence electrons. The average Bonchev–Trinajstić information content (AvgIpc) is 3.01. The number of halogens is 2. The summed E-state index contributed by atoms with van der Waals surface area (Å²) in [6, 6.07) is 15.7. The minimum absolute atomic E-state index is 0.621. The molecule has 5 heteroatoms. The summed E-state index contributed by atoms with van der Waals surface area (Å²) in [6.45, 7) is 0.621. The molecule has 0 saturated heterocycles. The van der Waals surface area contributed by atoms with Crippen molar-refractivity contribution in [2.75, 3.05) is 0 Å². The van der Waals surface area contributed by atoms with Crippen LogP contribution in [0.15, 0.2) is 67.3 Å². The lowest BCUT2D eigenvalue weighted by atomic mass is 10.1. The Morgan fingerprint density at radius 1 is 0.875 bits per heavy atom. The monoisotopic (exact) mass is 353 g/mol. The highest BCUT2D eigenvalue weighted by atomic mass is 35.5. The van der Waals surface area contributed by atoms with Crippen molar-refractivity contribution >= 4 is 34.2 Å². The first kappa shape index (κ1) is 15.2. The van der Waals surface area contributed by atoms with E-state index in [0.29, 0.717) is 16.6 Å². The molecule has 0 spiro atoms. The number of rotatable bonds is 3. The molecule has 4 aromatic rings. The first-order chi connectivity index (χ1) is 11.7. The topological polar surface area (TPSA) is 30.7 Å². The molecule has 0 aliphatic carbocycles. The Kier molecular flexibility index (Phi) is 3.97. The number of nitrogens with zero attached hydrogens (tertiary/aromatic N) is 3. The zero-order valence-corrected chi connectivity index (χ0v) is 14.2. The van der Waals surface area contributed by atoms with Gasteiger partial charge >= 0.3 is 0 Å². The number of fused-ring (bicyclic) bond motifs is 1. The van der Waals surface area contributed by atoms with E-state index in [9.17, 15) is 0 Å². The van der Waals surface area contributed by atoms with Gasteiger partial charge in [0.1, 0.15) is 0 Å². The van der Waals surface area contributed by atoms with E-state index >= 15 is 0 Å². The van der Waals surface area contributed by atoms with Gasteiger partial charge in [-0.25, -0.2) is 4.98 Å². The third-order valence-corrected chi connectivity index (χ3v) is 4.59. The van der Waals surface area contributed by atoms with Gasteiger partial charge in [0.15, 0.2) is 0 Å². The van der Waals surface area contributed by atoms with Crippen molar-refractivity contribution in [1.82, 2.24) is 14.5 Å². The highest BCUT2D eigenvalue weighted by molar-refractivity contribution is 6.33. The first-order valence-corrected chi connectivity index (χ1v) is 8.25. The van der Waals surface area contributed by atoms with Crippen LogP contribution in [0.25, 0.3) is 22.2 Å². The molecule has 0 radical (unpaired) electrons. The smallest absolute Gasteiger partial charge is 0.0961 e. The number of aromatic nitrogens is 3. The summed E-state index contributed by atoms with van der Waals surface area (Å²) in [4.78, 5) is 8.55. The largest absolute Gasteiger partial charge is 0.326 e. The van der Waals surface area contributed by atoms with Crippen molar-refractivity contribution in [1.29, 1.82) is 0 Å². The molecule has 0 fully saturated rings. The van der Waals surface area contributed by atoms with Crippen LogP contribution in [0, 0.1) is 0 Å². The first-order valence-electron chi connectivity index (χ1n) is 7.50. The van der Waals surface area contributed by atoms with Gasteiger partial charge in [0.2, 0.25) is 0 Å². The van der Waals surface area contributed by atoms with Gasteiger partial charge < -0.3 is 4.57 Å². The van der Waals surface area contributed by atoms with E-state index in [0.717, 1.165) is 27.7 Å². The van der Waals surface area contributed by atoms with Gasteiger partial charge in [-0.1, -0.05) is 29.3 Å². The Bertz CT molecular complexity index is 1010. The van der Waals surface area contributed by atoms with Gasteiger partial charge in [-0.3, -0.25) is 4.98 Å². The molecule has 2 heterocycles. The van der Waals surface area contributed by atoms with Crippen LogP contribution in [0.4, 0.5) is 0 Å². The lowest BCUT2D eigenvalue weighted by Crippen LogP contribution is -1.99. The number of hydrogen-bond acceptors (Lipinski definition) is 2. The maximum atomic E-state index is 6.29. The minimum atomic E-state index is 0.621. The summed E-state index contributed by atoms with van der Waals surface area (Å²) in [7, 11) is 0. The van der Waals surface area contributed by atoms with E-state index in [2.05, 4.69) is 26.7 Å². The van der Waals surface area contributed by atoms with Gasteiger partial charge in [-0.15, -0.1) is 0 Å². The maximum absolute atomic E-state index is 6.29. The summed E-state index contributed by atoms with van der Waals surface area (Å²) in [5.41, 5.74) is 5.23. The fourth-order valence-electron chi connectivity index (χ4n) is 2.75. The summed E-state index contributed by atoms with van der Waals surface area (Å²) in [5, 5.41) is 1.38. The normalized spacial score (nSPS) is 11.1. The Balaban J connectivity index is 1.77. The molecule has 0 bridgehead atoms. The second-order valence-corrected chi connectivity index (χ2v) is 6.39. The third kappa shape index (κ3) is 2.88. The van der Waals surface area contributed by atoms with Gasteiger partial charge in [0.25, 0.3) is 0 Å². The van der Waals surface area contributed by atoms with Crippen LogP contribution in [0.5, 0.6) is 0 Å². The molecule has 2 aromatic carbocycles. The summed E-state index contributed by atoms with van der Waals surface area (Å²) in [6.07, 6.45) is 5.42. The van der Waals surface area contributed by atoms with E-state index in [1.165, 1.54) is 0 Å². The molecule has 0 saturated carbocycles. The molecule has 0 N–H and O–H groups in total. The Labute approximate surface area is 149 Å². The Morgan fingerprint density at radius 2 is 1.71 bits per heavy atom. The van der Waals surface area contributed by atoms with Crippen LogP contribution in [0.3, 0.4) is 0 Å². The molecule has 0 atom stereocenters. The lowest BCUT2D eigenvalue weighted by Gasteiger charge is -2.08. The van der Waals surface area contributed by atoms with Gasteiger partial charge in [0, 0.05) is 22.4 Å². The SMILES string of the molecule is Clc1ccc(Cl)c(Cn2cnc3ccc(-c4ccncc4)cc32)c1. The summed E-state index contributed by atoms with van der Waals surface area (Å²) in [5.74, 6) is 0. The summed E-state index contributed by atoms with van der Waals surface area (Å²) < 4.78 is 2.08. The number of pyridine rings is 1. The van der Waals surface area contributed by atoms with Gasteiger partial charge in [-0.2, -0.15) is 0 Å². The second kappa shape index (κ2) is 6.27. The molecular weight excluding hydrogens is 341 g/mol. The predicted molar refractivity (Wildman–Crippen MR) is 98.5 cm³/mol. The van der Waals surface area contributed by atoms with Gasteiger partial charge in [-0.05, 0) is 59.2 Å². The predicted octanol–water partition coefficient (Wildman–Crippen LogP) is 5.45. The van der Waals surface area contributed by atoms with E-state index in [4.69, 9.17) is 23.2 Å². The van der Waals surface area contributed by atoms with Crippen LogP contribution in [-0.2, 0) is 6.54 Å². The fraction of sp³-hybridized carbons (Fsp3) is 0.0526. The molecule has 24 heavy (non-hydrogen) atoms. The van der Waals surface area contributed by atoms with E-state index < -0.39 is 0 Å². The van der Waals surface area contributed by atoms with Crippen LogP contribution in [0.2, 0.25) is 10.0 Å². The highest BCUT2D eigenvalue weighted by Crippen LogP contribution is 2.26. The molecule has 0 amide bonds. The molecule has 4 rings (SSSR count). The van der Waals surface area contributed by atoms with Crippen molar-refractivity contribution in [3.8, 4) is 11.1 Å². The van der Waals surface area contributed by atoms with Crippen LogP contribution in [-0.4, -0.2) is 14.5 Å². The van der Waals surface area contributed by atoms with Crippen LogP contribution in [0.1, 0.15) is 5.56 Å². The zero-order chi connectivity index (χ0) is 16.5. The van der Waals surface area contributed by atoms with Crippen molar-refractivity contribution < 1.29 is 0 Å². The molecule has 0 aliphatic rings. The maximum Gasteiger partial charge on any atom is 0.0961 e. The minimum Gasteiger partial charge on any atom is -0.326 e. The fourth-order valence-corrected chi connectivity index (χ4v) is 3.13. The number of benzene rings is 2. The van der Waals surface area contributed by atoms with Crippen molar-refractivity contribution in [2.24, 2.45) is 0 Å². The van der Waals surface area contributed by atoms with Crippen LogP contribution < -0.4 is 0 Å². The molecule has 3 nitrogen and oxygen atoms in total.